The number of nitrogens with zero attached hydrogens (tertiary/aromatic N) is 2. The van der Waals surface area contributed by atoms with Crippen LogP contribution < -0.4 is 19.7 Å². The van der Waals surface area contributed by atoms with Gasteiger partial charge in [-0.2, -0.15) is 0 Å². The van der Waals surface area contributed by atoms with Crippen molar-refractivity contribution in [1.82, 2.24) is 10.2 Å². The molecule has 30 heavy (non-hydrogen) atoms. The standard InChI is InChI=1S/C24H29N3O3/c1-26-14-21(15-7-5-4-6-8-15)30-23-18(11-16(29-3)12-20(23)26)19-13-27(2)24(28)22-17(19)9-10-25-22/h4-8,11-12,17,19,21-22,25H,9-10,13-14H2,1-3H3/t17?,19?,21-,22?/m1/s1. The lowest BCUT2D eigenvalue weighted by Gasteiger charge is -2.41. The maximum atomic E-state index is 12.7. The number of amides is 1. The summed E-state index contributed by atoms with van der Waals surface area (Å²) in [6.07, 6.45) is 0.968. The molecule has 4 atom stereocenters. The van der Waals surface area contributed by atoms with Crippen molar-refractivity contribution in [1.29, 1.82) is 0 Å². The fourth-order valence-corrected chi connectivity index (χ4v) is 5.30. The van der Waals surface area contributed by atoms with Gasteiger partial charge in [0.25, 0.3) is 0 Å². The Morgan fingerprint density at radius 1 is 1.10 bits per heavy atom. The van der Waals surface area contributed by atoms with Crippen molar-refractivity contribution in [3.05, 3.63) is 53.6 Å². The molecule has 6 nitrogen and oxygen atoms in total. The average molecular weight is 408 g/mol. The molecule has 158 valence electrons. The van der Waals surface area contributed by atoms with Crippen LogP contribution in [0, 0.1) is 5.92 Å². The second kappa shape index (κ2) is 7.51. The number of fused-ring (bicyclic) bond motifs is 2. The molecule has 0 aromatic heterocycles. The minimum absolute atomic E-state index is 0.0312. The van der Waals surface area contributed by atoms with E-state index in [1.807, 2.05) is 18.0 Å². The van der Waals surface area contributed by atoms with Gasteiger partial charge < -0.3 is 24.6 Å². The van der Waals surface area contributed by atoms with Crippen LogP contribution >= 0.6 is 0 Å². The van der Waals surface area contributed by atoms with Crippen LogP contribution in [0.15, 0.2) is 42.5 Å². The summed E-state index contributed by atoms with van der Waals surface area (Å²) in [4.78, 5) is 16.8. The van der Waals surface area contributed by atoms with Crippen LogP contribution in [0.2, 0.25) is 0 Å². The molecular formula is C24H29N3O3. The smallest absolute Gasteiger partial charge is 0.239 e. The molecule has 0 bridgehead atoms. The van der Waals surface area contributed by atoms with E-state index >= 15 is 0 Å². The summed E-state index contributed by atoms with van der Waals surface area (Å²) >= 11 is 0. The molecule has 2 aromatic carbocycles. The summed E-state index contributed by atoms with van der Waals surface area (Å²) in [7, 11) is 5.72. The van der Waals surface area contributed by atoms with Crippen molar-refractivity contribution in [2.75, 3.05) is 45.7 Å². The van der Waals surface area contributed by atoms with Gasteiger partial charge in [0, 0.05) is 38.2 Å². The van der Waals surface area contributed by atoms with E-state index in [1.165, 1.54) is 5.56 Å². The maximum absolute atomic E-state index is 12.7. The topological polar surface area (TPSA) is 54.0 Å². The van der Waals surface area contributed by atoms with Gasteiger partial charge in [0.15, 0.2) is 0 Å². The molecular weight excluding hydrogens is 378 g/mol. The largest absolute Gasteiger partial charge is 0.497 e. The molecule has 2 aromatic rings. The zero-order valence-corrected chi connectivity index (χ0v) is 17.8. The molecule has 0 spiro atoms. The van der Waals surface area contributed by atoms with Gasteiger partial charge in [0.1, 0.15) is 17.6 Å². The second-order valence-corrected chi connectivity index (χ2v) is 8.67. The second-order valence-electron chi connectivity index (χ2n) is 8.67. The molecule has 0 aliphatic carbocycles. The van der Waals surface area contributed by atoms with Crippen LogP contribution in [0.3, 0.4) is 0 Å². The van der Waals surface area contributed by atoms with E-state index in [-0.39, 0.29) is 29.9 Å². The van der Waals surface area contributed by atoms with Crippen molar-refractivity contribution in [2.45, 2.75) is 24.5 Å². The fourth-order valence-electron chi connectivity index (χ4n) is 5.30. The molecule has 0 saturated carbocycles. The molecule has 6 heteroatoms. The van der Waals surface area contributed by atoms with Gasteiger partial charge in [0.2, 0.25) is 5.91 Å². The lowest BCUT2D eigenvalue weighted by molar-refractivity contribution is -0.136. The van der Waals surface area contributed by atoms with Crippen LogP contribution in [0.1, 0.15) is 29.6 Å². The molecule has 0 radical (unpaired) electrons. The monoisotopic (exact) mass is 407 g/mol. The van der Waals surface area contributed by atoms with Crippen molar-refractivity contribution in [2.24, 2.45) is 5.92 Å². The van der Waals surface area contributed by atoms with Crippen LogP contribution in [0.25, 0.3) is 0 Å². The number of likely N-dealkylation sites (tertiary alicyclic amines) is 1. The van der Waals surface area contributed by atoms with Gasteiger partial charge in [-0.05, 0) is 30.5 Å². The van der Waals surface area contributed by atoms with Crippen LogP contribution in [0.4, 0.5) is 5.69 Å². The number of anilines is 1. The van der Waals surface area contributed by atoms with Gasteiger partial charge in [-0.3, -0.25) is 4.79 Å². The van der Waals surface area contributed by atoms with Gasteiger partial charge in [-0.25, -0.2) is 0 Å². The molecule has 5 rings (SSSR count). The summed E-state index contributed by atoms with van der Waals surface area (Å²) < 4.78 is 12.3. The zero-order valence-electron chi connectivity index (χ0n) is 17.8. The highest BCUT2D eigenvalue weighted by Gasteiger charge is 2.46. The molecule has 3 heterocycles. The van der Waals surface area contributed by atoms with E-state index in [4.69, 9.17) is 9.47 Å². The molecule has 3 aliphatic heterocycles. The van der Waals surface area contributed by atoms with Crippen LogP contribution in [-0.2, 0) is 4.79 Å². The Bertz CT molecular complexity index is 948. The minimum Gasteiger partial charge on any atom is -0.497 e. The number of benzene rings is 2. The van der Waals surface area contributed by atoms with E-state index in [2.05, 4.69) is 53.7 Å². The first-order valence-corrected chi connectivity index (χ1v) is 10.7. The van der Waals surface area contributed by atoms with Crippen molar-refractivity contribution in [3.8, 4) is 11.5 Å². The molecule has 3 unspecified atom stereocenters. The van der Waals surface area contributed by atoms with Gasteiger partial charge in [-0.1, -0.05) is 30.3 Å². The molecule has 2 fully saturated rings. The SMILES string of the molecule is COc1cc(C2CN(C)C(=O)C3NCCC32)c2c(c1)N(C)C[C@H](c1ccccc1)O2. The predicted molar refractivity (Wildman–Crippen MR) is 116 cm³/mol. The number of nitrogens with one attached hydrogen (secondary N) is 1. The molecule has 1 amide bonds. The minimum atomic E-state index is -0.109. The number of carbonyl (C=O) groups is 1. The zero-order chi connectivity index (χ0) is 20.8. The Hall–Kier alpha value is -2.73. The number of carbonyl (C=O) groups excluding carboxylic acids is 1. The first-order chi connectivity index (χ1) is 14.6. The summed E-state index contributed by atoms with van der Waals surface area (Å²) in [5.41, 5.74) is 3.38. The van der Waals surface area contributed by atoms with Gasteiger partial charge >= 0.3 is 0 Å². The normalized spacial score (nSPS) is 28.0. The average Bonchev–Trinajstić information content (AvgIpc) is 3.26. The van der Waals surface area contributed by atoms with E-state index in [0.29, 0.717) is 6.54 Å². The third kappa shape index (κ3) is 3.10. The number of ether oxygens (including phenoxy) is 2. The van der Waals surface area contributed by atoms with Crippen molar-refractivity contribution in [3.63, 3.8) is 0 Å². The number of hydrogen-bond acceptors (Lipinski definition) is 5. The first kappa shape index (κ1) is 19.2. The third-order valence-electron chi connectivity index (χ3n) is 6.89. The number of likely N-dealkylation sites (N-methyl/N-ethyl adjacent to an activating group) is 2. The highest BCUT2D eigenvalue weighted by molar-refractivity contribution is 5.84. The van der Waals surface area contributed by atoms with E-state index in [9.17, 15) is 4.79 Å². The number of methoxy groups -OCH3 is 1. The van der Waals surface area contributed by atoms with E-state index < -0.39 is 0 Å². The van der Waals surface area contributed by atoms with Gasteiger partial charge in [-0.15, -0.1) is 0 Å². The Morgan fingerprint density at radius 3 is 2.67 bits per heavy atom. The maximum Gasteiger partial charge on any atom is 0.239 e. The Morgan fingerprint density at radius 2 is 1.90 bits per heavy atom. The van der Waals surface area contributed by atoms with Crippen LogP contribution in [-0.4, -0.2) is 57.7 Å². The molecule has 3 aliphatic rings. The van der Waals surface area contributed by atoms with Crippen LogP contribution in [0.5, 0.6) is 11.5 Å². The number of rotatable bonds is 3. The van der Waals surface area contributed by atoms with Crippen molar-refractivity contribution < 1.29 is 14.3 Å². The number of piperidine rings is 1. The highest BCUT2D eigenvalue weighted by Crippen LogP contribution is 2.49. The van der Waals surface area contributed by atoms with Gasteiger partial charge in [0.05, 0.1) is 25.4 Å². The molecule has 2 saturated heterocycles. The quantitative estimate of drug-likeness (QED) is 0.848. The third-order valence-corrected chi connectivity index (χ3v) is 6.89. The summed E-state index contributed by atoms with van der Waals surface area (Å²) in [6, 6.07) is 14.4. The molecule has 1 N–H and O–H groups in total. The number of hydrogen-bond donors (Lipinski definition) is 1. The van der Waals surface area contributed by atoms with E-state index in [1.54, 1.807) is 7.11 Å². The first-order valence-electron chi connectivity index (χ1n) is 10.7. The lowest BCUT2D eigenvalue weighted by atomic mass is 9.77. The predicted octanol–water partition coefficient (Wildman–Crippen LogP) is 2.80. The Balaban J connectivity index is 1.59. The summed E-state index contributed by atoms with van der Waals surface area (Å²) in [6.45, 7) is 2.36. The Kier molecular flexibility index (Phi) is 4.82. The summed E-state index contributed by atoms with van der Waals surface area (Å²) in [5.74, 6) is 2.44. The van der Waals surface area contributed by atoms with E-state index in [0.717, 1.165) is 42.3 Å². The van der Waals surface area contributed by atoms with Crippen molar-refractivity contribution >= 4 is 11.6 Å². The summed E-state index contributed by atoms with van der Waals surface area (Å²) in [5, 5.41) is 3.42. The fraction of sp³-hybridized carbons (Fsp3) is 0.458. The Labute approximate surface area is 177 Å². The highest BCUT2D eigenvalue weighted by atomic mass is 16.5. The lowest BCUT2D eigenvalue weighted by Crippen LogP contribution is -2.53.